The number of carbonyl (C=O) groups is 1. The zero-order valence-electron chi connectivity index (χ0n) is 20.9. The van der Waals surface area contributed by atoms with E-state index in [2.05, 4.69) is 10.2 Å². The number of methoxy groups -OCH3 is 2. The molecule has 1 aromatic heterocycles. The summed E-state index contributed by atoms with van der Waals surface area (Å²) in [7, 11) is 3.06. The topological polar surface area (TPSA) is 94.9 Å². The number of nitrogens with zero attached hydrogens (tertiary/aromatic N) is 3. The molecule has 1 N–H and O–H groups in total. The van der Waals surface area contributed by atoms with Crippen molar-refractivity contribution < 1.29 is 19.0 Å². The number of morpholine rings is 1. The van der Waals surface area contributed by atoms with Crippen LogP contribution in [-0.2, 0) is 22.6 Å². The van der Waals surface area contributed by atoms with Gasteiger partial charge >= 0.3 is 0 Å². The lowest BCUT2D eigenvalue weighted by Crippen LogP contribution is -2.39. The van der Waals surface area contributed by atoms with E-state index >= 15 is 0 Å². The van der Waals surface area contributed by atoms with Crippen molar-refractivity contribution in [3.8, 4) is 11.5 Å². The summed E-state index contributed by atoms with van der Waals surface area (Å²) in [6, 6.07) is 7.36. The highest BCUT2D eigenvalue weighted by Crippen LogP contribution is 2.30. The first kappa shape index (κ1) is 24.7. The highest BCUT2D eigenvalue weighted by atomic mass is 16.5. The maximum Gasteiger partial charge on any atom is 0.262 e. The van der Waals surface area contributed by atoms with Crippen LogP contribution in [0.5, 0.6) is 11.5 Å². The maximum atomic E-state index is 13.6. The standard InChI is InChI=1S/C26H32N4O5/c1-16-10-17(2)25(18(3)11-16)28-24(31)15-30-23(14-29-6-8-35-9-7-29)27-20-13-22(34-5)21(33-4)12-19(20)26(30)32/h10-13H,6-9,14-15H2,1-5H3,(H,28,31). The molecule has 1 aliphatic rings. The van der Waals surface area contributed by atoms with Crippen molar-refractivity contribution in [2.45, 2.75) is 33.9 Å². The minimum absolute atomic E-state index is 0.150. The molecule has 1 amide bonds. The molecule has 1 saturated heterocycles. The normalized spacial score (nSPS) is 14.2. The third-order valence-corrected chi connectivity index (χ3v) is 6.25. The number of anilines is 1. The minimum atomic E-state index is -0.299. The zero-order valence-corrected chi connectivity index (χ0v) is 20.9. The van der Waals surface area contributed by atoms with Gasteiger partial charge in [0, 0.05) is 24.8 Å². The van der Waals surface area contributed by atoms with Crippen LogP contribution in [0.2, 0.25) is 0 Å². The number of hydrogen-bond donors (Lipinski definition) is 1. The fraction of sp³-hybridized carbons (Fsp3) is 0.423. The van der Waals surface area contributed by atoms with Gasteiger partial charge in [0.2, 0.25) is 5.91 Å². The number of hydrogen-bond acceptors (Lipinski definition) is 7. The van der Waals surface area contributed by atoms with Crippen molar-refractivity contribution in [1.29, 1.82) is 0 Å². The van der Waals surface area contributed by atoms with Gasteiger partial charge in [-0.25, -0.2) is 4.98 Å². The Bertz CT molecular complexity index is 1290. The van der Waals surface area contributed by atoms with E-state index in [4.69, 9.17) is 19.2 Å². The second-order valence-corrected chi connectivity index (χ2v) is 8.85. The third-order valence-electron chi connectivity index (χ3n) is 6.25. The van der Waals surface area contributed by atoms with E-state index in [1.165, 1.54) is 11.7 Å². The Balaban J connectivity index is 1.74. The van der Waals surface area contributed by atoms with Crippen LogP contribution in [0.15, 0.2) is 29.1 Å². The molecule has 0 bridgehead atoms. The number of carbonyl (C=O) groups excluding carboxylic acids is 1. The molecule has 1 fully saturated rings. The molecular weight excluding hydrogens is 448 g/mol. The van der Waals surface area contributed by atoms with Crippen molar-refractivity contribution >= 4 is 22.5 Å². The summed E-state index contributed by atoms with van der Waals surface area (Å²) >= 11 is 0. The van der Waals surface area contributed by atoms with Crippen molar-refractivity contribution in [2.75, 3.05) is 45.8 Å². The van der Waals surface area contributed by atoms with Gasteiger partial charge in [0.15, 0.2) is 11.5 Å². The summed E-state index contributed by atoms with van der Waals surface area (Å²) in [6.45, 7) is 8.92. The van der Waals surface area contributed by atoms with E-state index in [1.807, 2.05) is 32.9 Å². The number of benzene rings is 2. The Morgan fingerprint density at radius 2 is 1.66 bits per heavy atom. The molecule has 0 atom stereocenters. The SMILES string of the molecule is COc1cc2nc(CN3CCOCC3)n(CC(=O)Nc3c(C)cc(C)cc3C)c(=O)c2cc1OC. The number of aryl methyl sites for hydroxylation is 3. The van der Waals surface area contributed by atoms with E-state index in [9.17, 15) is 9.59 Å². The fourth-order valence-corrected chi connectivity index (χ4v) is 4.54. The van der Waals surface area contributed by atoms with Crippen molar-refractivity contribution in [3.63, 3.8) is 0 Å². The lowest BCUT2D eigenvalue weighted by molar-refractivity contribution is -0.116. The summed E-state index contributed by atoms with van der Waals surface area (Å²) in [4.78, 5) is 33.7. The average molecular weight is 481 g/mol. The number of rotatable bonds is 7. The largest absolute Gasteiger partial charge is 0.493 e. The molecule has 4 rings (SSSR count). The quantitative estimate of drug-likeness (QED) is 0.556. The van der Waals surface area contributed by atoms with Crippen LogP contribution in [-0.4, -0.2) is 60.9 Å². The molecule has 186 valence electrons. The van der Waals surface area contributed by atoms with Gasteiger partial charge in [-0.15, -0.1) is 0 Å². The third kappa shape index (κ3) is 5.31. The highest BCUT2D eigenvalue weighted by Gasteiger charge is 2.20. The summed E-state index contributed by atoms with van der Waals surface area (Å²) in [5.74, 6) is 1.16. The first-order chi connectivity index (χ1) is 16.8. The lowest BCUT2D eigenvalue weighted by Gasteiger charge is -2.27. The second-order valence-electron chi connectivity index (χ2n) is 8.85. The number of nitrogens with one attached hydrogen (secondary N) is 1. The van der Waals surface area contributed by atoms with E-state index in [0.717, 1.165) is 35.5 Å². The van der Waals surface area contributed by atoms with Gasteiger partial charge in [0.05, 0.1) is 44.9 Å². The number of amides is 1. The number of fused-ring (bicyclic) bond motifs is 1. The summed E-state index contributed by atoms with van der Waals surface area (Å²) in [5.41, 5.74) is 4.05. The van der Waals surface area contributed by atoms with Crippen LogP contribution < -0.4 is 20.3 Å². The van der Waals surface area contributed by atoms with Crippen LogP contribution in [0.3, 0.4) is 0 Å². The molecule has 0 unspecified atom stereocenters. The molecule has 0 aliphatic carbocycles. The van der Waals surface area contributed by atoms with E-state index in [-0.39, 0.29) is 18.0 Å². The predicted molar refractivity (Wildman–Crippen MR) is 134 cm³/mol. The van der Waals surface area contributed by atoms with Gasteiger partial charge in [0.25, 0.3) is 5.56 Å². The Kier molecular flexibility index (Phi) is 7.37. The predicted octanol–water partition coefficient (Wildman–Crippen LogP) is 2.81. The molecule has 9 heteroatoms. The molecule has 0 spiro atoms. The molecule has 2 heterocycles. The van der Waals surface area contributed by atoms with Gasteiger partial charge < -0.3 is 19.5 Å². The summed E-state index contributed by atoms with van der Waals surface area (Å²) in [5, 5.41) is 3.36. The van der Waals surface area contributed by atoms with Gasteiger partial charge in [-0.1, -0.05) is 17.7 Å². The first-order valence-electron chi connectivity index (χ1n) is 11.6. The number of ether oxygens (including phenoxy) is 3. The van der Waals surface area contributed by atoms with Gasteiger partial charge in [-0.05, 0) is 38.0 Å². The monoisotopic (exact) mass is 480 g/mol. The van der Waals surface area contributed by atoms with E-state index in [0.29, 0.717) is 48.0 Å². The highest BCUT2D eigenvalue weighted by molar-refractivity contribution is 5.92. The molecule has 0 radical (unpaired) electrons. The number of aromatic nitrogens is 2. The van der Waals surface area contributed by atoms with Crippen molar-refractivity contribution in [2.24, 2.45) is 0 Å². The Morgan fingerprint density at radius 3 is 2.29 bits per heavy atom. The molecule has 3 aromatic rings. The van der Waals surface area contributed by atoms with Crippen LogP contribution in [0, 0.1) is 20.8 Å². The minimum Gasteiger partial charge on any atom is -0.493 e. The van der Waals surface area contributed by atoms with Crippen LogP contribution in [0.4, 0.5) is 5.69 Å². The summed E-state index contributed by atoms with van der Waals surface area (Å²) < 4.78 is 17.7. The molecule has 2 aromatic carbocycles. The van der Waals surface area contributed by atoms with Gasteiger partial charge in [0.1, 0.15) is 12.4 Å². The van der Waals surface area contributed by atoms with Crippen LogP contribution in [0.1, 0.15) is 22.5 Å². The van der Waals surface area contributed by atoms with Crippen molar-refractivity contribution in [3.05, 3.63) is 57.1 Å². The van der Waals surface area contributed by atoms with E-state index in [1.54, 1.807) is 19.2 Å². The molecule has 35 heavy (non-hydrogen) atoms. The molecule has 0 saturated carbocycles. The maximum absolute atomic E-state index is 13.6. The fourth-order valence-electron chi connectivity index (χ4n) is 4.54. The van der Waals surface area contributed by atoms with Gasteiger partial charge in [-0.3, -0.25) is 19.1 Å². The Hall–Kier alpha value is -3.43. The Labute approximate surface area is 204 Å². The van der Waals surface area contributed by atoms with Gasteiger partial charge in [-0.2, -0.15) is 0 Å². The zero-order chi connectivity index (χ0) is 25.1. The van der Waals surface area contributed by atoms with Crippen molar-refractivity contribution in [1.82, 2.24) is 14.5 Å². The molecule has 9 nitrogen and oxygen atoms in total. The van der Waals surface area contributed by atoms with Crippen LogP contribution >= 0.6 is 0 Å². The molecule has 1 aliphatic heterocycles. The lowest BCUT2D eigenvalue weighted by atomic mass is 10.1. The van der Waals surface area contributed by atoms with E-state index < -0.39 is 0 Å². The first-order valence-corrected chi connectivity index (χ1v) is 11.6. The second kappa shape index (κ2) is 10.5. The smallest absolute Gasteiger partial charge is 0.262 e. The Morgan fingerprint density at radius 1 is 1.03 bits per heavy atom. The summed E-state index contributed by atoms with van der Waals surface area (Å²) in [6.07, 6.45) is 0. The van der Waals surface area contributed by atoms with Crippen LogP contribution in [0.25, 0.3) is 10.9 Å². The average Bonchev–Trinajstić information content (AvgIpc) is 2.83. The molecular formula is C26H32N4O5.